The van der Waals surface area contributed by atoms with Crippen LogP contribution in [0.3, 0.4) is 0 Å². The van der Waals surface area contributed by atoms with Crippen molar-refractivity contribution in [2.45, 2.75) is 29.7 Å². The third-order valence-corrected chi connectivity index (χ3v) is 18.7. The Morgan fingerprint density at radius 1 is 0.632 bits per heavy atom. The first-order valence-electron chi connectivity index (χ1n) is 13.0. The number of rotatable bonds is 5. The minimum absolute atomic E-state index is 0. The molecular formula is C34H32Cl2SiZr. The van der Waals surface area contributed by atoms with Gasteiger partial charge in [-0.1, -0.05) is 0 Å². The van der Waals surface area contributed by atoms with Crippen LogP contribution in [-0.4, -0.2) is 11.3 Å². The number of hydrogen-bond acceptors (Lipinski definition) is 0. The zero-order valence-electron chi connectivity index (χ0n) is 22.1. The van der Waals surface area contributed by atoms with Gasteiger partial charge >= 0.3 is 225 Å². The van der Waals surface area contributed by atoms with Crippen molar-refractivity contribution < 1.29 is 46.1 Å². The Morgan fingerprint density at radius 3 is 1.55 bits per heavy atom. The maximum atomic E-state index is 2.53. The smallest absolute Gasteiger partial charge is 1.00 e. The summed E-state index contributed by atoms with van der Waals surface area (Å²) in [7, 11) is -1.50. The topological polar surface area (TPSA) is 0 Å². The van der Waals surface area contributed by atoms with Gasteiger partial charge in [0, 0.05) is 0 Å². The molecule has 0 saturated carbocycles. The molecule has 0 amide bonds. The van der Waals surface area contributed by atoms with E-state index in [4.69, 9.17) is 0 Å². The first kappa shape index (κ1) is 28.9. The Balaban J connectivity index is 0.00000168. The maximum absolute atomic E-state index is 2.61. The average molecular weight is 631 g/mol. The molecule has 0 heterocycles. The standard InChI is InChI=1S/C13H9.C13H10.C8H13Si.2ClH.Zr/c1-3-7-12-10(5-1)9-11-6-2-4-8-13(11)12;1-3-7-12(8-4-1)11-13-9-5-2-6-10-13;1-9(2,3)8-6-4-5-7-8;;;/h1-9H;1-10H;4,6H,5H2,1-3H3;2*1H;/q;;;;;+2/p-2. The van der Waals surface area contributed by atoms with E-state index in [1.165, 1.54) is 22.3 Å². The van der Waals surface area contributed by atoms with E-state index in [1.54, 1.807) is 19.5 Å². The van der Waals surface area contributed by atoms with Crippen LogP contribution < -0.4 is 24.8 Å². The molecular weight excluding hydrogens is 599 g/mol. The van der Waals surface area contributed by atoms with Gasteiger partial charge < -0.3 is 24.8 Å². The molecule has 0 atom stereocenters. The normalized spacial score (nSPS) is 13.6. The van der Waals surface area contributed by atoms with Crippen molar-refractivity contribution in [2.75, 3.05) is 0 Å². The summed E-state index contributed by atoms with van der Waals surface area (Å²) in [5.41, 5.74) is 8.80. The predicted octanol–water partition coefficient (Wildman–Crippen LogP) is 2.74. The molecule has 0 bridgehead atoms. The number of benzene rings is 4. The second-order valence-corrected chi connectivity index (χ2v) is 22.1. The van der Waals surface area contributed by atoms with Crippen LogP contribution in [0.1, 0.15) is 32.3 Å². The van der Waals surface area contributed by atoms with Crippen LogP contribution in [0, 0.1) is 0 Å². The Hall–Kier alpha value is -2.09. The molecule has 0 N–H and O–H groups in total. The zero-order chi connectivity index (χ0) is 24.7. The van der Waals surface area contributed by atoms with Crippen molar-refractivity contribution >= 4 is 11.3 Å². The molecule has 190 valence electrons. The van der Waals surface area contributed by atoms with Crippen molar-refractivity contribution in [1.82, 2.24) is 0 Å². The van der Waals surface area contributed by atoms with E-state index in [2.05, 4.69) is 141 Å². The van der Waals surface area contributed by atoms with Crippen LogP contribution >= 0.6 is 0 Å². The summed E-state index contributed by atoms with van der Waals surface area (Å²) >= 11 is -2.61. The first-order chi connectivity index (χ1) is 17.5. The van der Waals surface area contributed by atoms with Crippen molar-refractivity contribution in [2.24, 2.45) is 0 Å². The molecule has 38 heavy (non-hydrogen) atoms. The summed E-state index contributed by atoms with van der Waals surface area (Å²) in [6.45, 7) is 7.58. The molecule has 0 fully saturated rings. The fourth-order valence-electron chi connectivity index (χ4n) is 6.09. The fraction of sp³-hybridized carbons (Fsp3) is 0.147. The summed E-state index contributed by atoms with van der Waals surface area (Å²) in [6, 6.07) is 41.1. The van der Waals surface area contributed by atoms with Gasteiger partial charge in [-0.15, -0.1) is 0 Å². The molecule has 0 spiro atoms. The summed E-state index contributed by atoms with van der Waals surface area (Å²) in [6.07, 6.45) is 6.09. The Labute approximate surface area is 248 Å². The summed E-state index contributed by atoms with van der Waals surface area (Å²) in [4.78, 5) is 0. The predicted molar refractivity (Wildman–Crippen MR) is 154 cm³/mol. The average Bonchev–Trinajstić information content (AvgIpc) is 3.52. The molecule has 0 saturated heterocycles. The molecule has 0 aromatic heterocycles. The van der Waals surface area contributed by atoms with Crippen LogP contribution in [0.15, 0.2) is 130 Å². The van der Waals surface area contributed by atoms with Crippen molar-refractivity contribution in [1.29, 1.82) is 0 Å². The van der Waals surface area contributed by atoms with Gasteiger partial charge in [0.2, 0.25) is 0 Å². The van der Waals surface area contributed by atoms with E-state index < -0.39 is 29.3 Å². The second kappa shape index (κ2) is 12.0. The van der Waals surface area contributed by atoms with Crippen LogP contribution in [0.2, 0.25) is 19.6 Å². The third kappa shape index (κ3) is 5.22. The van der Waals surface area contributed by atoms with Gasteiger partial charge in [-0.25, -0.2) is 0 Å². The number of halogens is 2. The monoisotopic (exact) mass is 628 g/mol. The van der Waals surface area contributed by atoms with Crippen molar-refractivity contribution in [3.8, 4) is 11.1 Å². The van der Waals surface area contributed by atoms with Crippen LogP contribution in [-0.2, 0) is 21.3 Å². The zero-order valence-corrected chi connectivity index (χ0v) is 27.1. The quantitative estimate of drug-likeness (QED) is 0.298. The number of allylic oxidation sites excluding steroid dienone is 4. The fourth-order valence-corrected chi connectivity index (χ4v) is 20.4. The molecule has 4 heteroatoms. The van der Waals surface area contributed by atoms with E-state index in [9.17, 15) is 0 Å². The molecule has 4 aromatic rings. The van der Waals surface area contributed by atoms with Gasteiger partial charge in [-0.3, -0.25) is 0 Å². The van der Waals surface area contributed by atoms with Gasteiger partial charge in [0.1, 0.15) is 0 Å². The minimum atomic E-state index is -2.61. The number of fused-ring (bicyclic) bond motifs is 3. The van der Waals surface area contributed by atoms with Gasteiger partial charge in [-0.05, 0) is 0 Å². The van der Waals surface area contributed by atoms with Gasteiger partial charge in [0.15, 0.2) is 0 Å². The van der Waals surface area contributed by atoms with E-state index >= 15 is 0 Å². The van der Waals surface area contributed by atoms with Gasteiger partial charge in [0.25, 0.3) is 0 Å². The molecule has 0 unspecified atom stereocenters. The molecule has 4 aromatic carbocycles. The van der Waals surface area contributed by atoms with E-state index in [0.29, 0.717) is 3.63 Å². The van der Waals surface area contributed by atoms with Gasteiger partial charge in [-0.2, -0.15) is 0 Å². The largest absolute Gasteiger partial charge is 1.00 e. The Kier molecular flexibility index (Phi) is 9.11. The molecule has 6 rings (SSSR count). The third-order valence-electron chi connectivity index (χ3n) is 7.58. The van der Waals surface area contributed by atoms with E-state index in [0.717, 1.165) is 6.42 Å². The molecule has 2 aliphatic rings. The Morgan fingerprint density at radius 2 is 1.08 bits per heavy atom. The van der Waals surface area contributed by atoms with Crippen LogP contribution in [0.25, 0.3) is 11.1 Å². The Bertz CT molecular complexity index is 1440. The van der Waals surface area contributed by atoms with Crippen LogP contribution in [0.4, 0.5) is 0 Å². The second-order valence-electron chi connectivity index (χ2n) is 10.9. The molecule has 0 radical (unpaired) electrons. The van der Waals surface area contributed by atoms with Crippen molar-refractivity contribution in [3.63, 3.8) is 0 Å². The van der Waals surface area contributed by atoms with E-state index in [1.807, 2.05) is 3.28 Å². The maximum Gasteiger partial charge on any atom is -1.00 e. The molecule has 2 aliphatic carbocycles. The molecule has 0 aliphatic heterocycles. The molecule has 0 nitrogen and oxygen atoms in total. The minimum Gasteiger partial charge on any atom is -1.00 e. The van der Waals surface area contributed by atoms with Crippen LogP contribution in [0.5, 0.6) is 0 Å². The number of hydrogen-bond donors (Lipinski definition) is 0. The van der Waals surface area contributed by atoms with Crippen molar-refractivity contribution in [3.05, 3.63) is 152 Å². The summed E-state index contributed by atoms with van der Waals surface area (Å²) in [5, 5.41) is 1.71. The first-order valence-corrected chi connectivity index (χ1v) is 20.4. The summed E-state index contributed by atoms with van der Waals surface area (Å²) in [5.74, 6) is 0. The van der Waals surface area contributed by atoms with E-state index in [-0.39, 0.29) is 24.8 Å². The summed E-state index contributed by atoms with van der Waals surface area (Å²) < 4.78 is 3.94. The van der Waals surface area contributed by atoms with Gasteiger partial charge in [0.05, 0.1) is 0 Å². The SMILES string of the molecule is C[Si](C)(C)C1=[C]([Zr+2](=[C](c2ccccc2)c2ccccc2)[CH]2c3ccccc3-c3ccccc32)CC=C1.[Cl-].[Cl-].